The number of β-amino-alcohol motifs (C(OH)–C–C–N with tert-alkyl or cyclic N) is 1. The van der Waals surface area contributed by atoms with Crippen molar-refractivity contribution in [2.24, 2.45) is 0 Å². The number of hydrogen-bond donors (Lipinski definition) is 2. The molecule has 4 aromatic rings. The van der Waals surface area contributed by atoms with Gasteiger partial charge in [-0.25, -0.2) is 17.9 Å². The van der Waals surface area contributed by atoms with E-state index in [0.717, 1.165) is 54.9 Å². The fourth-order valence-electron chi connectivity index (χ4n) is 5.02. The lowest BCUT2D eigenvalue weighted by atomic mass is 9.89. The van der Waals surface area contributed by atoms with Crippen molar-refractivity contribution in [1.29, 1.82) is 0 Å². The van der Waals surface area contributed by atoms with E-state index in [-0.39, 0.29) is 6.10 Å². The first-order valence-corrected chi connectivity index (χ1v) is 14.7. The van der Waals surface area contributed by atoms with E-state index in [4.69, 9.17) is 5.10 Å². The van der Waals surface area contributed by atoms with Gasteiger partial charge in [-0.3, -0.25) is 4.31 Å². The van der Waals surface area contributed by atoms with Crippen molar-refractivity contribution in [2.45, 2.75) is 31.8 Å². The molecular formula is C28H34N6O3S. The summed E-state index contributed by atoms with van der Waals surface area (Å²) >= 11 is 0. The summed E-state index contributed by atoms with van der Waals surface area (Å²) < 4.78 is 27.1. The molecule has 5 rings (SSSR count). The smallest absolute Gasteiger partial charge is 0.245 e. The number of nitrogens with zero attached hydrogens (tertiary/aromatic N) is 5. The Labute approximate surface area is 223 Å². The highest BCUT2D eigenvalue weighted by Gasteiger charge is 2.21. The first-order valence-electron chi connectivity index (χ1n) is 12.8. The minimum atomic E-state index is -3.36. The standard InChI is InChI=1S/C28H34N6O3S/c1-20(35)19-33-15-13-22(14-16-33)21-7-9-24(10-8-21)30-28-29-18-26-11-12-27(34(26)31-28)23-5-4-6-25(17-23)32(2)38(3,36)37/h4-12,17-18,20,22,35H,13-16,19H2,1-3H3,(H,30,31). The molecule has 3 heterocycles. The van der Waals surface area contributed by atoms with E-state index in [1.165, 1.54) is 16.1 Å². The van der Waals surface area contributed by atoms with Crippen molar-refractivity contribution in [3.63, 3.8) is 0 Å². The Balaban J connectivity index is 1.31. The van der Waals surface area contributed by atoms with Gasteiger partial charge in [0.2, 0.25) is 16.0 Å². The predicted molar refractivity (Wildman–Crippen MR) is 151 cm³/mol. The van der Waals surface area contributed by atoms with Gasteiger partial charge in [0.15, 0.2) is 0 Å². The van der Waals surface area contributed by atoms with Crippen LogP contribution < -0.4 is 9.62 Å². The summed E-state index contributed by atoms with van der Waals surface area (Å²) in [6.45, 7) is 4.60. The molecule has 1 aliphatic rings. The summed E-state index contributed by atoms with van der Waals surface area (Å²) in [7, 11) is -1.82. The van der Waals surface area contributed by atoms with E-state index in [1.807, 2.05) is 41.8 Å². The molecule has 2 aromatic heterocycles. The van der Waals surface area contributed by atoms with E-state index in [1.54, 1.807) is 19.3 Å². The van der Waals surface area contributed by atoms with E-state index in [2.05, 4.69) is 39.5 Å². The number of aliphatic hydroxyl groups is 1. The lowest BCUT2D eigenvalue weighted by molar-refractivity contribution is 0.109. The van der Waals surface area contributed by atoms with Crippen molar-refractivity contribution in [3.05, 3.63) is 72.4 Å². The lowest BCUT2D eigenvalue weighted by Gasteiger charge is -2.32. The minimum Gasteiger partial charge on any atom is -0.392 e. The molecular weight excluding hydrogens is 500 g/mol. The van der Waals surface area contributed by atoms with Gasteiger partial charge in [0, 0.05) is 24.8 Å². The number of fused-ring (bicyclic) bond motifs is 1. The van der Waals surface area contributed by atoms with Crippen molar-refractivity contribution < 1.29 is 13.5 Å². The Kier molecular flexibility index (Phi) is 7.38. The molecule has 0 spiro atoms. The molecule has 200 valence electrons. The topological polar surface area (TPSA) is 103 Å². The molecule has 0 amide bonds. The van der Waals surface area contributed by atoms with Gasteiger partial charge in [0.05, 0.1) is 35.5 Å². The first kappa shape index (κ1) is 26.1. The Morgan fingerprint density at radius 2 is 1.84 bits per heavy atom. The van der Waals surface area contributed by atoms with Gasteiger partial charge in [-0.1, -0.05) is 24.3 Å². The van der Waals surface area contributed by atoms with E-state index in [9.17, 15) is 13.5 Å². The third-order valence-corrected chi connectivity index (χ3v) is 8.36. The van der Waals surface area contributed by atoms with Gasteiger partial charge in [0.25, 0.3) is 0 Å². The van der Waals surface area contributed by atoms with Crippen LogP contribution in [-0.4, -0.2) is 72.1 Å². The average molecular weight is 535 g/mol. The fourth-order valence-corrected chi connectivity index (χ4v) is 5.52. The maximum Gasteiger partial charge on any atom is 0.245 e. The SMILES string of the molecule is CC(O)CN1CCC(c2ccc(Nc3ncc4ccc(-c5cccc(N(C)S(C)(=O)=O)c5)n4n3)cc2)CC1. The van der Waals surface area contributed by atoms with Crippen LogP contribution in [0.4, 0.5) is 17.3 Å². The van der Waals surface area contributed by atoms with Crippen LogP contribution in [0.3, 0.4) is 0 Å². The van der Waals surface area contributed by atoms with Crippen molar-refractivity contribution >= 4 is 32.9 Å². The number of sulfonamides is 1. The zero-order valence-electron chi connectivity index (χ0n) is 21.9. The van der Waals surface area contributed by atoms with Crippen LogP contribution >= 0.6 is 0 Å². The second kappa shape index (κ2) is 10.7. The summed E-state index contributed by atoms with van der Waals surface area (Å²) in [5, 5.41) is 17.7. The molecule has 0 bridgehead atoms. The number of likely N-dealkylation sites (tertiary alicyclic amines) is 1. The molecule has 1 saturated heterocycles. The molecule has 9 nitrogen and oxygen atoms in total. The summed E-state index contributed by atoms with van der Waals surface area (Å²) in [6, 6.07) is 19.7. The number of rotatable bonds is 8. The second-order valence-corrected chi connectivity index (χ2v) is 12.1. The minimum absolute atomic E-state index is 0.285. The zero-order valence-corrected chi connectivity index (χ0v) is 22.8. The van der Waals surface area contributed by atoms with E-state index in [0.29, 0.717) is 17.6 Å². The summed E-state index contributed by atoms with van der Waals surface area (Å²) in [6.07, 6.45) is 4.86. The van der Waals surface area contributed by atoms with Crippen LogP contribution in [0, 0.1) is 0 Å². The second-order valence-electron chi connectivity index (χ2n) is 10.1. The predicted octanol–water partition coefficient (Wildman–Crippen LogP) is 4.10. The molecule has 10 heteroatoms. The van der Waals surface area contributed by atoms with Crippen LogP contribution in [0.1, 0.15) is 31.2 Å². The average Bonchev–Trinajstić information content (AvgIpc) is 3.32. The number of hydrogen-bond acceptors (Lipinski definition) is 7. The van der Waals surface area contributed by atoms with Gasteiger partial charge in [-0.05, 0) is 80.7 Å². The fraction of sp³-hybridized carbons (Fsp3) is 0.357. The number of nitrogens with one attached hydrogen (secondary N) is 1. The van der Waals surface area contributed by atoms with Crippen molar-refractivity contribution in [3.8, 4) is 11.3 Å². The number of aliphatic hydroxyl groups excluding tert-OH is 1. The molecule has 1 aliphatic heterocycles. The highest BCUT2D eigenvalue weighted by atomic mass is 32.2. The summed E-state index contributed by atoms with van der Waals surface area (Å²) in [4.78, 5) is 6.81. The zero-order chi connectivity index (χ0) is 26.9. The first-order chi connectivity index (χ1) is 18.2. The molecule has 0 saturated carbocycles. The van der Waals surface area contributed by atoms with E-state index >= 15 is 0 Å². The molecule has 0 radical (unpaired) electrons. The van der Waals surface area contributed by atoms with Gasteiger partial charge in [-0.2, -0.15) is 0 Å². The number of benzene rings is 2. The Bertz CT molecular complexity index is 1510. The lowest BCUT2D eigenvalue weighted by Crippen LogP contribution is -2.37. The number of aromatic nitrogens is 3. The van der Waals surface area contributed by atoms with Crippen LogP contribution in [0.5, 0.6) is 0 Å². The molecule has 1 atom stereocenters. The van der Waals surface area contributed by atoms with Crippen LogP contribution in [0.2, 0.25) is 0 Å². The molecule has 1 fully saturated rings. The normalized spacial score (nSPS) is 16.0. The maximum atomic E-state index is 12.0. The Hall–Kier alpha value is -3.47. The van der Waals surface area contributed by atoms with E-state index < -0.39 is 10.0 Å². The molecule has 0 aliphatic carbocycles. The molecule has 2 N–H and O–H groups in total. The highest BCUT2D eigenvalue weighted by Crippen LogP contribution is 2.30. The maximum absolute atomic E-state index is 12.0. The van der Waals surface area contributed by atoms with Crippen LogP contribution in [0.25, 0.3) is 16.8 Å². The number of piperidine rings is 1. The molecule has 38 heavy (non-hydrogen) atoms. The highest BCUT2D eigenvalue weighted by molar-refractivity contribution is 7.92. The monoisotopic (exact) mass is 534 g/mol. The van der Waals surface area contributed by atoms with Crippen LogP contribution in [-0.2, 0) is 10.0 Å². The van der Waals surface area contributed by atoms with Gasteiger partial charge < -0.3 is 15.3 Å². The van der Waals surface area contributed by atoms with Crippen molar-refractivity contribution in [2.75, 3.05) is 42.6 Å². The Morgan fingerprint density at radius 1 is 1.11 bits per heavy atom. The third-order valence-electron chi connectivity index (χ3n) is 7.15. The quantitative estimate of drug-likeness (QED) is 0.351. The number of anilines is 3. The summed E-state index contributed by atoms with van der Waals surface area (Å²) in [5.74, 6) is 1.00. The van der Waals surface area contributed by atoms with Crippen LogP contribution in [0.15, 0.2) is 66.9 Å². The van der Waals surface area contributed by atoms with Gasteiger partial charge >= 0.3 is 0 Å². The van der Waals surface area contributed by atoms with Gasteiger partial charge in [0.1, 0.15) is 0 Å². The summed E-state index contributed by atoms with van der Waals surface area (Å²) in [5.41, 5.74) is 5.35. The molecule has 1 unspecified atom stereocenters. The largest absolute Gasteiger partial charge is 0.392 e. The van der Waals surface area contributed by atoms with Crippen molar-refractivity contribution in [1.82, 2.24) is 19.5 Å². The molecule has 2 aromatic carbocycles. The van der Waals surface area contributed by atoms with Gasteiger partial charge in [-0.15, -0.1) is 5.10 Å². The Morgan fingerprint density at radius 3 is 2.53 bits per heavy atom. The third kappa shape index (κ3) is 5.82.